The molecule has 1 atom stereocenters. The molecule has 2 aliphatic heterocycles. The van der Waals surface area contributed by atoms with Gasteiger partial charge in [0.05, 0.1) is 5.41 Å². The summed E-state index contributed by atoms with van der Waals surface area (Å²) >= 11 is 0. The Kier molecular flexibility index (Phi) is 3.82. The molecule has 0 saturated carbocycles. The summed E-state index contributed by atoms with van der Waals surface area (Å²) in [6, 6.07) is 8.03. The van der Waals surface area contributed by atoms with Crippen LogP contribution in [0.25, 0.3) is 0 Å². The summed E-state index contributed by atoms with van der Waals surface area (Å²) in [6.45, 7) is 6.08. The van der Waals surface area contributed by atoms with E-state index in [1.54, 1.807) is 23.9 Å². The van der Waals surface area contributed by atoms with E-state index in [1.807, 2.05) is 23.1 Å². The Hall–Kier alpha value is -2.04. The highest BCUT2D eigenvalue weighted by Crippen LogP contribution is 2.47. The van der Waals surface area contributed by atoms with Crippen LogP contribution in [-0.2, 0) is 10.2 Å². The summed E-state index contributed by atoms with van der Waals surface area (Å²) in [5.74, 6) is 0.560. The minimum atomic E-state index is -0.558. The maximum absolute atomic E-state index is 13.2. The molecule has 3 amide bonds. The lowest BCUT2D eigenvalue weighted by Crippen LogP contribution is -2.45. The Morgan fingerprint density at radius 1 is 1.30 bits per heavy atom. The van der Waals surface area contributed by atoms with Gasteiger partial charge in [0.1, 0.15) is 0 Å². The van der Waals surface area contributed by atoms with E-state index >= 15 is 0 Å². The average Bonchev–Trinajstić information content (AvgIpc) is 3.04. The minimum Gasteiger partial charge on any atom is -0.331 e. The van der Waals surface area contributed by atoms with Gasteiger partial charge in [-0.15, -0.1) is 0 Å². The largest absolute Gasteiger partial charge is 0.331 e. The quantitative estimate of drug-likeness (QED) is 0.840. The molecule has 0 radical (unpaired) electrons. The van der Waals surface area contributed by atoms with E-state index in [9.17, 15) is 9.59 Å². The van der Waals surface area contributed by atoms with Crippen LogP contribution >= 0.6 is 0 Å². The molecule has 124 valence electrons. The molecule has 2 heterocycles. The minimum absolute atomic E-state index is 0.0190. The molecule has 1 aromatic rings. The Bertz CT molecular complexity index is 641. The highest BCUT2D eigenvalue weighted by atomic mass is 16.2. The van der Waals surface area contributed by atoms with Gasteiger partial charge in [-0.2, -0.15) is 0 Å². The van der Waals surface area contributed by atoms with Gasteiger partial charge >= 0.3 is 6.03 Å². The van der Waals surface area contributed by atoms with E-state index in [1.165, 1.54) is 0 Å². The van der Waals surface area contributed by atoms with Crippen molar-refractivity contribution < 1.29 is 9.59 Å². The first-order valence-corrected chi connectivity index (χ1v) is 8.24. The smallest absolute Gasteiger partial charge is 0.319 e. The lowest BCUT2D eigenvalue weighted by Gasteiger charge is -2.26. The summed E-state index contributed by atoms with van der Waals surface area (Å²) in [7, 11) is 3.51. The Balaban J connectivity index is 1.97. The van der Waals surface area contributed by atoms with Gasteiger partial charge in [0.15, 0.2) is 0 Å². The lowest BCUT2D eigenvalue weighted by atomic mass is 9.81. The van der Waals surface area contributed by atoms with Crippen LogP contribution in [0.2, 0.25) is 0 Å². The van der Waals surface area contributed by atoms with Crippen molar-refractivity contribution >= 4 is 17.6 Å². The number of fused-ring (bicyclic) bond motifs is 2. The van der Waals surface area contributed by atoms with Gasteiger partial charge in [-0.05, 0) is 24.0 Å². The topological polar surface area (TPSA) is 43.9 Å². The number of amides is 3. The van der Waals surface area contributed by atoms with Crippen molar-refractivity contribution in [3.63, 3.8) is 0 Å². The maximum Gasteiger partial charge on any atom is 0.319 e. The number of likely N-dealkylation sites (tertiary alicyclic amines) is 1. The van der Waals surface area contributed by atoms with Crippen LogP contribution in [-0.4, -0.2) is 55.5 Å². The van der Waals surface area contributed by atoms with E-state index < -0.39 is 5.41 Å². The molecule has 0 N–H and O–H groups in total. The molecule has 0 aliphatic carbocycles. The molecule has 1 spiro atoms. The second kappa shape index (κ2) is 5.55. The fourth-order valence-electron chi connectivity index (χ4n) is 3.79. The fraction of sp³-hybridized carbons (Fsp3) is 0.556. The van der Waals surface area contributed by atoms with E-state index in [4.69, 9.17) is 0 Å². The van der Waals surface area contributed by atoms with Gasteiger partial charge in [-0.1, -0.05) is 32.0 Å². The molecule has 1 aromatic carbocycles. The number of hydrogen-bond acceptors (Lipinski definition) is 2. The van der Waals surface area contributed by atoms with Crippen molar-refractivity contribution in [1.29, 1.82) is 0 Å². The van der Waals surface area contributed by atoms with Crippen LogP contribution in [0.1, 0.15) is 25.8 Å². The highest BCUT2D eigenvalue weighted by molar-refractivity contribution is 6.09. The summed E-state index contributed by atoms with van der Waals surface area (Å²) < 4.78 is 0. The number of carbonyl (C=O) groups excluding carboxylic acids is 2. The van der Waals surface area contributed by atoms with Crippen LogP contribution in [0.5, 0.6) is 0 Å². The standard InChI is InChI=1S/C18H25N3O2/c1-13(2)11-21-15-8-6-5-7-14(15)18(16(21)22)9-10-20(12-18)17(23)19(3)4/h5-8,13H,9-12H2,1-4H3/t18-/m0/s1. The third kappa shape index (κ3) is 2.38. The van der Waals surface area contributed by atoms with E-state index in [2.05, 4.69) is 19.9 Å². The lowest BCUT2D eigenvalue weighted by molar-refractivity contribution is -0.122. The molecule has 2 aliphatic rings. The van der Waals surface area contributed by atoms with Crippen LogP contribution < -0.4 is 4.90 Å². The molecular formula is C18H25N3O2. The molecule has 5 nitrogen and oxygen atoms in total. The zero-order chi connectivity index (χ0) is 16.8. The molecule has 0 unspecified atom stereocenters. The SMILES string of the molecule is CC(C)CN1C(=O)[C@]2(CCN(C(=O)N(C)C)C2)c2ccccc21. The summed E-state index contributed by atoms with van der Waals surface area (Å²) in [4.78, 5) is 30.8. The molecule has 23 heavy (non-hydrogen) atoms. The van der Waals surface area contributed by atoms with Crippen molar-refractivity contribution in [2.45, 2.75) is 25.7 Å². The van der Waals surface area contributed by atoms with Gasteiger partial charge in [-0.3, -0.25) is 4.79 Å². The normalized spacial score (nSPS) is 23.1. The highest BCUT2D eigenvalue weighted by Gasteiger charge is 2.55. The first kappa shape index (κ1) is 15.8. The van der Waals surface area contributed by atoms with Crippen LogP contribution in [0.4, 0.5) is 10.5 Å². The van der Waals surface area contributed by atoms with E-state index in [0.29, 0.717) is 25.4 Å². The Morgan fingerprint density at radius 2 is 2.00 bits per heavy atom. The van der Waals surface area contributed by atoms with Crippen molar-refractivity contribution in [2.24, 2.45) is 5.92 Å². The predicted molar refractivity (Wildman–Crippen MR) is 90.6 cm³/mol. The summed E-state index contributed by atoms with van der Waals surface area (Å²) in [5, 5.41) is 0. The van der Waals surface area contributed by atoms with Crippen LogP contribution in [0.15, 0.2) is 24.3 Å². The van der Waals surface area contributed by atoms with Gasteiger partial charge in [-0.25, -0.2) is 4.79 Å². The van der Waals surface area contributed by atoms with Crippen LogP contribution in [0, 0.1) is 5.92 Å². The first-order chi connectivity index (χ1) is 10.9. The van der Waals surface area contributed by atoms with Crippen molar-refractivity contribution in [1.82, 2.24) is 9.80 Å². The zero-order valence-electron chi connectivity index (χ0n) is 14.4. The Labute approximate surface area is 137 Å². The fourth-order valence-corrected chi connectivity index (χ4v) is 3.79. The first-order valence-electron chi connectivity index (χ1n) is 8.24. The van der Waals surface area contributed by atoms with Gasteiger partial charge < -0.3 is 14.7 Å². The molecule has 5 heteroatoms. The van der Waals surface area contributed by atoms with Crippen molar-refractivity contribution in [3.8, 4) is 0 Å². The van der Waals surface area contributed by atoms with Gasteiger partial charge in [0.25, 0.3) is 0 Å². The molecule has 3 rings (SSSR count). The number of para-hydroxylation sites is 1. The average molecular weight is 315 g/mol. The molecule has 1 saturated heterocycles. The molecule has 0 bridgehead atoms. The van der Waals surface area contributed by atoms with Crippen LogP contribution in [0.3, 0.4) is 0 Å². The monoisotopic (exact) mass is 315 g/mol. The Morgan fingerprint density at radius 3 is 2.65 bits per heavy atom. The number of urea groups is 1. The zero-order valence-corrected chi connectivity index (χ0v) is 14.4. The van der Waals surface area contributed by atoms with Gasteiger partial charge in [0, 0.05) is 39.4 Å². The number of carbonyl (C=O) groups is 2. The van der Waals surface area contributed by atoms with Gasteiger partial charge in [0.2, 0.25) is 5.91 Å². The summed E-state index contributed by atoms with van der Waals surface area (Å²) in [5.41, 5.74) is 1.54. The number of benzene rings is 1. The molecule has 1 fully saturated rings. The molecular weight excluding hydrogens is 290 g/mol. The maximum atomic E-state index is 13.2. The van der Waals surface area contributed by atoms with Crippen molar-refractivity contribution in [3.05, 3.63) is 29.8 Å². The van der Waals surface area contributed by atoms with E-state index in [-0.39, 0.29) is 11.9 Å². The third-order valence-electron chi connectivity index (χ3n) is 4.84. The number of nitrogens with zero attached hydrogens (tertiary/aromatic N) is 3. The second-order valence-electron chi connectivity index (χ2n) is 7.26. The number of anilines is 1. The van der Waals surface area contributed by atoms with Crippen molar-refractivity contribution in [2.75, 3.05) is 38.6 Å². The molecule has 0 aromatic heterocycles. The number of hydrogen-bond donors (Lipinski definition) is 0. The number of rotatable bonds is 2. The second-order valence-corrected chi connectivity index (χ2v) is 7.26. The third-order valence-corrected chi connectivity index (χ3v) is 4.84. The predicted octanol–water partition coefficient (Wildman–Crippen LogP) is 2.31. The summed E-state index contributed by atoms with van der Waals surface area (Å²) in [6.07, 6.45) is 0.705. The van der Waals surface area contributed by atoms with E-state index in [0.717, 1.165) is 17.8 Å².